The van der Waals surface area contributed by atoms with Gasteiger partial charge in [-0.1, -0.05) is 39.0 Å². The fourth-order valence-corrected chi connectivity index (χ4v) is 6.47. The van der Waals surface area contributed by atoms with Crippen molar-refractivity contribution >= 4 is 16.7 Å². The molecule has 1 spiro atoms. The van der Waals surface area contributed by atoms with Crippen molar-refractivity contribution in [1.82, 2.24) is 14.7 Å². The van der Waals surface area contributed by atoms with Crippen LogP contribution in [0.15, 0.2) is 24.5 Å². The summed E-state index contributed by atoms with van der Waals surface area (Å²) >= 11 is 1.16. The van der Waals surface area contributed by atoms with Crippen LogP contribution in [0.4, 0.5) is 13.9 Å². The standard InChI is InChI=1S/C25H36F2N4O2S/c1-2-3-9-25(33)14-21(31-24(15-25)7-5-4-6-8-24)22(32)20(30-23-28-16-29-34-23)12-17-10-18(26)13-19(27)11-17/h10-11,13,16,20-22,31-33H,2-9,12,14-15H2,1H3,(H,28,29,30). The first-order chi connectivity index (χ1) is 16.3. The predicted molar refractivity (Wildman–Crippen MR) is 130 cm³/mol. The van der Waals surface area contributed by atoms with Gasteiger partial charge < -0.3 is 20.8 Å². The molecule has 2 heterocycles. The number of aliphatic hydroxyl groups is 2. The van der Waals surface area contributed by atoms with Gasteiger partial charge in [-0.15, -0.1) is 0 Å². The lowest BCUT2D eigenvalue weighted by atomic mass is 9.67. The second-order valence-electron chi connectivity index (χ2n) is 10.3. The summed E-state index contributed by atoms with van der Waals surface area (Å²) in [5, 5.41) is 30.8. The van der Waals surface area contributed by atoms with Crippen molar-refractivity contribution in [3.05, 3.63) is 41.7 Å². The number of unbranched alkanes of at least 4 members (excludes halogenated alkanes) is 1. The van der Waals surface area contributed by atoms with Gasteiger partial charge in [-0.3, -0.25) is 0 Å². The Balaban J connectivity index is 1.60. The number of aliphatic hydroxyl groups excluding tert-OH is 1. The van der Waals surface area contributed by atoms with Gasteiger partial charge in [0.25, 0.3) is 0 Å². The summed E-state index contributed by atoms with van der Waals surface area (Å²) in [4.78, 5) is 4.18. The molecule has 4 atom stereocenters. The number of anilines is 1. The van der Waals surface area contributed by atoms with Gasteiger partial charge in [0.15, 0.2) is 0 Å². The smallest absolute Gasteiger partial charge is 0.202 e. The van der Waals surface area contributed by atoms with Crippen molar-refractivity contribution in [2.75, 3.05) is 5.32 Å². The third-order valence-electron chi connectivity index (χ3n) is 7.44. The van der Waals surface area contributed by atoms with Crippen LogP contribution in [-0.2, 0) is 6.42 Å². The van der Waals surface area contributed by atoms with Gasteiger partial charge in [0.1, 0.15) is 18.0 Å². The van der Waals surface area contributed by atoms with E-state index in [4.69, 9.17) is 0 Å². The van der Waals surface area contributed by atoms with E-state index in [1.807, 2.05) is 0 Å². The summed E-state index contributed by atoms with van der Waals surface area (Å²) in [6.45, 7) is 2.12. The average molecular weight is 495 g/mol. The van der Waals surface area contributed by atoms with Gasteiger partial charge in [-0.25, -0.2) is 13.8 Å². The summed E-state index contributed by atoms with van der Waals surface area (Å²) in [6, 6.07) is 2.49. The fourth-order valence-electron chi connectivity index (χ4n) is 5.97. The van der Waals surface area contributed by atoms with Gasteiger partial charge in [0, 0.05) is 29.2 Å². The van der Waals surface area contributed by atoms with E-state index in [1.165, 1.54) is 24.9 Å². The molecule has 0 amide bonds. The molecule has 0 radical (unpaired) electrons. The molecule has 34 heavy (non-hydrogen) atoms. The van der Waals surface area contributed by atoms with E-state index in [2.05, 4.69) is 26.9 Å². The number of rotatable bonds is 9. The normalized spacial score (nSPS) is 26.3. The number of hydrogen-bond donors (Lipinski definition) is 4. The highest BCUT2D eigenvalue weighted by molar-refractivity contribution is 7.09. The van der Waals surface area contributed by atoms with Gasteiger partial charge in [-0.05, 0) is 56.2 Å². The Hall–Kier alpha value is -1.68. The van der Waals surface area contributed by atoms with Crippen molar-refractivity contribution < 1.29 is 19.0 Å². The topological polar surface area (TPSA) is 90.3 Å². The van der Waals surface area contributed by atoms with E-state index < -0.39 is 29.4 Å². The van der Waals surface area contributed by atoms with Crippen LogP contribution < -0.4 is 10.6 Å². The molecule has 2 aliphatic rings. The highest BCUT2D eigenvalue weighted by atomic mass is 32.1. The van der Waals surface area contributed by atoms with Crippen LogP contribution in [0.25, 0.3) is 0 Å². The van der Waals surface area contributed by atoms with Gasteiger partial charge in [0.2, 0.25) is 5.13 Å². The monoisotopic (exact) mass is 494 g/mol. The van der Waals surface area contributed by atoms with Crippen LogP contribution in [0.1, 0.15) is 76.7 Å². The molecule has 9 heteroatoms. The molecule has 1 aromatic carbocycles. The van der Waals surface area contributed by atoms with Gasteiger partial charge in [0.05, 0.1) is 17.7 Å². The summed E-state index contributed by atoms with van der Waals surface area (Å²) in [7, 11) is 0. The van der Waals surface area contributed by atoms with Crippen LogP contribution in [0.5, 0.6) is 0 Å². The second kappa shape index (κ2) is 10.9. The molecule has 6 nitrogen and oxygen atoms in total. The molecule has 0 bridgehead atoms. The molecular formula is C25H36F2N4O2S. The van der Waals surface area contributed by atoms with E-state index in [1.54, 1.807) is 0 Å². The van der Waals surface area contributed by atoms with Crippen LogP contribution in [0.2, 0.25) is 0 Å². The number of nitrogens with one attached hydrogen (secondary N) is 2. The first-order valence-electron chi connectivity index (χ1n) is 12.5. The lowest BCUT2D eigenvalue weighted by Crippen LogP contribution is -2.66. The van der Waals surface area contributed by atoms with E-state index in [-0.39, 0.29) is 18.0 Å². The number of benzene rings is 1. The molecule has 188 valence electrons. The number of piperidine rings is 1. The molecular weight excluding hydrogens is 458 g/mol. The second-order valence-corrected chi connectivity index (χ2v) is 11.1. The first kappa shape index (κ1) is 25.4. The minimum absolute atomic E-state index is 0.192. The molecule has 4 N–H and O–H groups in total. The average Bonchev–Trinajstić information content (AvgIpc) is 3.29. The number of aromatic nitrogens is 2. The molecule has 2 fully saturated rings. The van der Waals surface area contributed by atoms with Crippen molar-refractivity contribution in [1.29, 1.82) is 0 Å². The Morgan fingerprint density at radius 3 is 2.59 bits per heavy atom. The molecule has 2 aromatic rings. The van der Waals surface area contributed by atoms with Crippen LogP contribution in [0, 0.1) is 11.6 Å². The number of halogens is 2. The Morgan fingerprint density at radius 1 is 1.21 bits per heavy atom. The molecule has 1 aliphatic carbocycles. The highest BCUT2D eigenvalue weighted by Gasteiger charge is 2.49. The maximum absolute atomic E-state index is 13.9. The lowest BCUT2D eigenvalue weighted by molar-refractivity contribution is -0.0828. The zero-order chi connectivity index (χ0) is 24.2. The maximum Gasteiger partial charge on any atom is 0.202 e. The summed E-state index contributed by atoms with van der Waals surface area (Å²) < 4.78 is 31.8. The summed E-state index contributed by atoms with van der Waals surface area (Å²) in [6.07, 6.45) is 9.86. The molecule has 1 aromatic heterocycles. The van der Waals surface area contributed by atoms with Crippen molar-refractivity contribution in [2.45, 2.75) is 107 Å². The van der Waals surface area contributed by atoms with Gasteiger partial charge >= 0.3 is 0 Å². The summed E-state index contributed by atoms with van der Waals surface area (Å²) in [5.41, 5.74) is -0.589. The highest BCUT2D eigenvalue weighted by Crippen LogP contribution is 2.43. The Morgan fingerprint density at radius 2 is 1.94 bits per heavy atom. The van der Waals surface area contributed by atoms with E-state index >= 15 is 0 Å². The van der Waals surface area contributed by atoms with Gasteiger partial charge in [-0.2, -0.15) is 4.37 Å². The zero-order valence-corrected chi connectivity index (χ0v) is 20.6. The van der Waals surface area contributed by atoms with Crippen molar-refractivity contribution in [3.63, 3.8) is 0 Å². The number of nitrogens with zero attached hydrogens (tertiary/aromatic N) is 2. The maximum atomic E-state index is 13.9. The van der Waals surface area contributed by atoms with Crippen molar-refractivity contribution in [3.8, 4) is 0 Å². The molecule has 4 rings (SSSR count). The van der Waals surface area contributed by atoms with E-state index in [0.717, 1.165) is 56.1 Å². The third kappa shape index (κ3) is 6.30. The predicted octanol–water partition coefficient (Wildman–Crippen LogP) is 4.58. The molecule has 1 aliphatic heterocycles. The Bertz CT molecular complexity index is 905. The first-order valence-corrected chi connectivity index (χ1v) is 13.2. The Kier molecular flexibility index (Phi) is 8.17. The number of hydrogen-bond acceptors (Lipinski definition) is 7. The van der Waals surface area contributed by atoms with Crippen LogP contribution >= 0.6 is 11.5 Å². The fraction of sp³-hybridized carbons (Fsp3) is 0.680. The molecule has 1 saturated carbocycles. The summed E-state index contributed by atoms with van der Waals surface area (Å²) in [5.74, 6) is -1.30. The minimum atomic E-state index is -0.914. The largest absolute Gasteiger partial charge is 0.390 e. The lowest BCUT2D eigenvalue weighted by Gasteiger charge is -2.53. The zero-order valence-electron chi connectivity index (χ0n) is 19.8. The Labute approximate surface area is 204 Å². The van der Waals surface area contributed by atoms with Crippen molar-refractivity contribution in [2.24, 2.45) is 0 Å². The van der Waals surface area contributed by atoms with E-state index in [0.29, 0.717) is 30.0 Å². The SMILES string of the molecule is CCCCC1(O)CC(C(O)C(Cc2cc(F)cc(F)c2)Nc2ncns2)NC2(CCCCC2)C1. The molecule has 1 saturated heterocycles. The quantitative estimate of drug-likeness (QED) is 0.408. The molecule has 4 unspecified atom stereocenters. The van der Waals surface area contributed by atoms with Crippen LogP contribution in [-0.4, -0.2) is 48.9 Å². The third-order valence-corrected chi connectivity index (χ3v) is 8.03. The van der Waals surface area contributed by atoms with Crippen LogP contribution in [0.3, 0.4) is 0 Å². The van der Waals surface area contributed by atoms with E-state index in [9.17, 15) is 19.0 Å². The minimum Gasteiger partial charge on any atom is -0.390 e.